The summed E-state index contributed by atoms with van der Waals surface area (Å²) >= 11 is 0. The van der Waals surface area contributed by atoms with E-state index in [0.29, 0.717) is 19.8 Å². The van der Waals surface area contributed by atoms with E-state index in [1.54, 1.807) is 0 Å². The number of aryl methyl sites for hydroxylation is 2. The molecule has 1 atom stereocenters. The largest absolute Gasteiger partial charge is 0.377 e. The van der Waals surface area contributed by atoms with Crippen LogP contribution in [0.4, 0.5) is 5.82 Å². The summed E-state index contributed by atoms with van der Waals surface area (Å²) in [5, 5.41) is 8.09. The number of carbonyl (C=O) groups is 1. The second-order valence-electron chi connectivity index (χ2n) is 9.89. The molecule has 2 aromatic heterocycles. The predicted molar refractivity (Wildman–Crippen MR) is 141 cm³/mol. The van der Waals surface area contributed by atoms with Gasteiger partial charge in [-0.15, -0.1) is 0 Å². The van der Waals surface area contributed by atoms with E-state index in [-0.39, 0.29) is 23.8 Å². The predicted octanol–water partition coefficient (Wildman–Crippen LogP) is 3.52. The molecule has 0 unspecified atom stereocenters. The Kier molecular flexibility index (Phi) is 6.10. The molecule has 6 rings (SSSR count). The molecule has 0 spiro atoms. The van der Waals surface area contributed by atoms with E-state index in [0.717, 1.165) is 58.0 Å². The van der Waals surface area contributed by atoms with Crippen LogP contribution in [0.25, 0.3) is 22.0 Å². The minimum absolute atomic E-state index is 0.0352. The number of amides is 1. The molecule has 9 heteroatoms. The number of fused-ring (bicyclic) bond motifs is 1. The van der Waals surface area contributed by atoms with E-state index in [4.69, 9.17) is 19.2 Å². The number of hydrogen-bond donors (Lipinski definition) is 1. The van der Waals surface area contributed by atoms with Gasteiger partial charge in [-0.1, -0.05) is 41.6 Å². The van der Waals surface area contributed by atoms with Gasteiger partial charge in [-0.3, -0.25) is 4.79 Å². The number of rotatable bonds is 5. The standard InChI is InChI=1S/C28H30N6O3/c1-17-25(18(2)37-32-17)20-9-10-23-22(13-20)27(31-26(30-23)28(35)29-21-14-33(3)15-21)34-11-12-36-16-24(34)19-7-5-4-6-8-19/h4-10,13,21,24H,11-12,14-16H2,1-3H3,(H,29,35)/t24-/m1/s1. The first kappa shape index (κ1) is 23.6. The SMILES string of the molecule is Cc1noc(C)c1-c1ccc2nc(C(=O)NC3CN(C)C3)nc(N3CCOC[C@@H]3c3ccccc3)c2c1. The molecular formula is C28H30N6O3. The molecular weight excluding hydrogens is 468 g/mol. The lowest BCUT2D eigenvalue weighted by Crippen LogP contribution is -2.57. The van der Waals surface area contributed by atoms with Gasteiger partial charge in [0, 0.05) is 30.6 Å². The van der Waals surface area contributed by atoms with Gasteiger partial charge in [0.2, 0.25) is 5.82 Å². The molecule has 4 aromatic rings. The zero-order valence-corrected chi connectivity index (χ0v) is 21.3. The summed E-state index contributed by atoms with van der Waals surface area (Å²) < 4.78 is 11.3. The Bertz CT molecular complexity index is 1430. The fraction of sp³-hybridized carbons (Fsp3) is 0.357. The normalized spacial score (nSPS) is 18.7. The zero-order valence-electron chi connectivity index (χ0n) is 21.3. The van der Waals surface area contributed by atoms with Gasteiger partial charge in [-0.25, -0.2) is 9.97 Å². The molecule has 2 aliphatic heterocycles. The highest BCUT2D eigenvalue weighted by Gasteiger charge is 2.30. The third-order valence-electron chi connectivity index (χ3n) is 7.18. The van der Waals surface area contributed by atoms with Crippen molar-refractivity contribution in [3.8, 4) is 11.1 Å². The Balaban J connectivity index is 1.48. The van der Waals surface area contributed by atoms with Gasteiger partial charge >= 0.3 is 0 Å². The average Bonchev–Trinajstić information content (AvgIpc) is 3.24. The molecule has 0 bridgehead atoms. The van der Waals surface area contributed by atoms with Gasteiger partial charge in [0.1, 0.15) is 11.6 Å². The fourth-order valence-corrected chi connectivity index (χ4v) is 5.33. The first-order valence-electron chi connectivity index (χ1n) is 12.6. The van der Waals surface area contributed by atoms with Crippen molar-refractivity contribution in [2.75, 3.05) is 44.8 Å². The van der Waals surface area contributed by atoms with Crippen LogP contribution in [0.2, 0.25) is 0 Å². The molecule has 37 heavy (non-hydrogen) atoms. The minimum atomic E-state index is -0.249. The molecule has 2 saturated heterocycles. The maximum Gasteiger partial charge on any atom is 0.289 e. The van der Waals surface area contributed by atoms with E-state index in [9.17, 15) is 4.79 Å². The molecule has 2 fully saturated rings. The Hall–Kier alpha value is -3.82. The van der Waals surface area contributed by atoms with Crippen LogP contribution in [0.5, 0.6) is 0 Å². The molecule has 0 aliphatic carbocycles. The minimum Gasteiger partial charge on any atom is -0.377 e. The number of aromatic nitrogens is 3. The smallest absolute Gasteiger partial charge is 0.289 e. The summed E-state index contributed by atoms with van der Waals surface area (Å²) in [5.41, 5.74) is 4.63. The van der Waals surface area contributed by atoms with Crippen molar-refractivity contribution in [3.05, 3.63) is 71.4 Å². The number of likely N-dealkylation sites (tertiary alicyclic amines) is 1. The lowest BCUT2D eigenvalue weighted by molar-refractivity contribution is 0.0847. The van der Waals surface area contributed by atoms with Gasteiger partial charge in [-0.2, -0.15) is 0 Å². The van der Waals surface area contributed by atoms with E-state index in [2.05, 4.69) is 38.5 Å². The summed E-state index contributed by atoms with van der Waals surface area (Å²) in [6.07, 6.45) is 0. The van der Waals surface area contributed by atoms with Crippen molar-refractivity contribution < 1.29 is 14.1 Å². The van der Waals surface area contributed by atoms with Crippen LogP contribution in [0.3, 0.4) is 0 Å². The first-order chi connectivity index (χ1) is 18.0. The van der Waals surface area contributed by atoms with Crippen LogP contribution >= 0.6 is 0 Å². The van der Waals surface area contributed by atoms with Gasteiger partial charge in [-0.05, 0) is 44.2 Å². The van der Waals surface area contributed by atoms with E-state index < -0.39 is 0 Å². The quantitative estimate of drug-likeness (QED) is 0.447. The van der Waals surface area contributed by atoms with Gasteiger partial charge in [0.05, 0.1) is 36.5 Å². The number of carbonyl (C=O) groups excluding carboxylic acids is 1. The van der Waals surface area contributed by atoms with Crippen molar-refractivity contribution in [2.24, 2.45) is 0 Å². The van der Waals surface area contributed by atoms with Crippen molar-refractivity contribution in [1.82, 2.24) is 25.3 Å². The number of nitrogens with zero attached hydrogens (tertiary/aromatic N) is 5. The van der Waals surface area contributed by atoms with Crippen LogP contribution in [0.15, 0.2) is 53.1 Å². The second kappa shape index (κ2) is 9.57. The van der Waals surface area contributed by atoms with Crippen molar-refractivity contribution in [2.45, 2.75) is 25.9 Å². The second-order valence-corrected chi connectivity index (χ2v) is 9.89. The van der Waals surface area contributed by atoms with Crippen LogP contribution in [-0.2, 0) is 4.74 Å². The molecule has 1 amide bonds. The third-order valence-corrected chi connectivity index (χ3v) is 7.18. The number of hydrogen-bond acceptors (Lipinski definition) is 8. The van der Waals surface area contributed by atoms with E-state index >= 15 is 0 Å². The highest BCUT2D eigenvalue weighted by molar-refractivity contribution is 5.98. The van der Waals surface area contributed by atoms with Crippen molar-refractivity contribution >= 4 is 22.6 Å². The molecule has 4 heterocycles. The average molecular weight is 499 g/mol. The van der Waals surface area contributed by atoms with Crippen LogP contribution in [0, 0.1) is 13.8 Å². The molecule has 190 valence electrons. The highest BCUT2D eigenvalue weighted by Crippen LogP contribution is 2.36. The molecule has 0 radical (unpaired) electrons. The first-order valence-corrected chi connectivity index (χ1v) is 12.6. The summed E-state index contributed by atoms with van der Waals surface area (Å²) in [6, 6.07) is 16.4. The number of likely N-dealkylation sites (N-methyl/N-ethyl adjacent to an activating group) is 1. The van der Waals surface area contributed by atoms with Gasteiger partial charge in [0.15, 0.2) is 0 Å². The van der Waals surface area contributed by atoms with Crippen molar-refractivity contribution in [1.29, 1.82) is 0 Å². The van der Waals surface area contributed by atoms with Gasteiger partial charge < -0.3 is 24.4 Å². The molecule has 9 nitrogen and oxygen atoms in total. The monoisotopic (exact) mass is 498 g/mol. The fourth-order valence-electron chi connectivity index (χ4n) is 5.33. The summed E-state index contributed by atoms with van der Waals surface area (Å²) in [5.74, 6) is 1.42. The van der Waals surface area contributed by atoms with Crippen LogP contribution in [-0.4, -0.2) is 71.9 Å². The molecule has 0 saturated carbocycles. The number of morpholine rings is 1. The van der Waals surface area contributed by atoms with Crippen LogP contribution in [0.1, 0.15) is 33.7 Å². The zero-order chi connectivity index (χ0) is 25.5. The summed E-state index contributed by atoms with van der Waals surface area (Å²) in [7, 11) is 2.03. The van der Waals surface area contributed by atoms with Crippen LogP contribution < -0.4 is 10.2 Å². The number of nitrogens with one attached hydrogen (secondary N) is 1. The van der Waals surface area contributed by atoms with Crippen molar-refractivity contribution in [3.63, 3.8) is 0 Å². The molecule has 2 aliphatic rings. The Morgan fingerprint density at radius 3 is 2.62 bits per heavy atom. The molecule has 2 aromatic carbocycles. The maximum atomic E-state index is 13.2. The Morgan fingerprint density at radius 2 is 1.89 bits per heavy atom. The third kappa shape index (κ3) is 4.45. The molecule has 1 N–H and O–H groups in total. The topological polar surface area (TPSA) is 96.6 Å². The lowest BCUT2D eigenvalue weighted by atomic mass is 10.0. The Labute approximate surface area is 215 Å². The number of benzene rings is 2. The van der Waals surface area contributed by atoms with Gasteiger partial charge in [0.25, 0.3) is 5.91 Å². The highest BCUT2D eigenvalue weighted by atomic mass is 16.5. The summed E-state index contributed by atoms with van der Waals surface area (Å²) in [4.78, 5) is 27.2. The maximum absolute atomic E-state index is 13.2. The number of anilines is 1. The Morgan fingerprint density at radius 1 is 1.08 bits per heavy atom. The lowest BCUT2D eigenvalue weighted by Gasteiger charge is -2.38. The van der Waals surface area contributed by atoms with E-state index in [1.807, 2.05) is 51.2 Å². The summed E-state index contributed by atoms with van der Waals surface area (Å²) in [6.45, 7) is 7.26. The number of ether oxygens (including phenoxy) is 1. The van der Waals surface area contributed by atoms with E-state index in [1.165, 1.54) is 0 Å².